The Bertz CT molecular complexity index is 1800. The van der Waals surface area contributed by atoms with Gasteiger partial charge in [-0.1, -0.05) is 71.9 Å². The van der Waals surface area contributed by atoms with Crippen LogP contribution in [0.3, 0.4) is 0 Å². The molecule has 0 spiro atoms. The number of aliphatic imine (C=N–C) groups is 1. The van der Waals surface area contributed by atoms with Crippen molar-refractivity contribution in [1.82, 2.24) is 10.9 Å². The number of carbonyl (C=O) groups excluding carboxylic acids is 1. The molecule has 1 aliphatic rings. The second kappa shape index (κ2) is 16.8. The Labute approximate surface area is 284 Å². The SMILES string of the molecule is COc1cc(CNNC(=O)[C@@]2(C/C=C/c3ccccc3)N=C(c3ccc(OCCCO)cc3)O[C@H]2c2ccccc2N=[N+]=[N-])cc(OC)c1. The number of amides is 1. The van der Waals surface area contributed by atoms with Crippen LogP contribution in [-0.2, 0) is 16.1 Å². The van der Waals surface area contributed by atoms with E-state index in [4.69, 9.17) is 29.0 Å². The Kier molecular flexibility index (Phi) is 11.9. The summed E-state index contributed by atoms with van der Waals surface area (Å²) in [6.07, 6.45) is 3.50. The molecule has 4 aromatic carbocycles. The molecule has 252 valence electrons. The van der Waals surface area contributed by atoms with Crippen LogP contribution in [0.1, 0.15) is 41.2 Å². The molecule has 5 rings (SSSR count). The molecule has 3 N–H and O–H groups in total. The molecule has 12 heteroatoms. The van der Waals surface area contributed by atoms with Crippen LogP contribution < -0.4 is 25.1 Å². The number of aliphatic hydroxyl groups is 1. The first-order valence-corrected chi connectivity index (χ1v) is 15.7. The number of azide groups is 1. The second-order valence-electron chi connectivity index (χ2n) is 11.1. The number of hydrazine groups is 1. The Balaban J connectivity index is 1.53. The smallest absolute Gasteiger partial charge is 0.266 e. The zero-order chi connectivity index (χ0) is 34.5. The van der Waals surface area contributed by atoms with Gasteiger partial charge in [0.05, 0.1) is 20.8 Å². The van der Waals surface area contributed by atoms with E-state index < -0.39 is 17.6 Å². The molecule has 0 saturated heterocycles. The van der Waals surface area contributed by atoms with Gasteiger partial charge in [0.2, 0.25) is 5.90 Å². The molecular formula is C37H38N6O6. The minimum Gasteiger partial charge on any atom is -0.497 e. The van der Waals surface area contributed by atoms with Gasteiger partial charge in [0.15, 0.2) is 11.6 Å². The Morgan fingerprint density at radius 3 is 2.41 bits per heavy atom. The van der Waals surface area contributed by atoms with E-state index >= 15 is 0 Å². The lowest BCUT2D eigenvalue weighted by atomic mass is 9.83. The fraction of sp³-hybridized carbons (Fsp3) is 0.243. The summed E-state index contributed by atoms with van der Waals surface area (Å²) in [6.45, 7) is 0.662. The second-order valence-corrected chi connectivity index (χ2v) is 11.1. The van der Waals surface area contributed by atoms with Crippen LogP contribution in [-0.4, -0.2) is 49.9 Å². The zero-order valence-electron chi connectivity index (χ0n) is 27.3. The molecule has 0 saturated carbocycles. The zero-order valence-corrected chi connectivity index (χ0v) is 27.3. The first-order valence-electron chi connectivity index (χ1n) is 15.7. The number of methoxy groups -OCH3 is 2. The van der Waals surface area contributed by atoms with E-state index in [0.29, 0.717) is 47.1 Å². The summed E-state index contributed by atoms with van der Waals surface area (Å²) in [5.41, 5.74) is 17.0. The molecule has 0 aliphatic carbocycles. The van der Waals surface area contributed by atoms with Crippen molar-refractivity contribution in [3.63, 3.8) is 0 Å². The number of rotatable bonds is 16. The fourth-order valence-corrected chi connectivity index (χ4v) is 5.38. The van der Waals surface area contributed by atoms with Crippen molar-refractivity contribution in [2.24, 2.45) is 10.1 Å². The van der Waals surface area contributed by atoms with E-state index in [2.05, 4.69) is 20.9 Å². The number of carbonyl (C=O) groups is 1. The lowest BCUT2D eigenvalue weighted by Gasteiger charge is -2.30. The Hall–Kier alpha value is -5.81. The van der Waals surface area contributed by atoms with E-state index in [-0.39, 0.29) is 25.5 Å². The van der Waals surface area contributed by atoms with Gasteiger partial charge in [-0.3, -0.25) is 10.2 Å². The number of nitrogens with zero attached hydrogens (tertiary/aromatic N) is 4. The van der Waals surface area contributed by atoms with Crippen LogP contribution in [0, 0.1) is 0 Å². The highest BCUT2D eigenvalue weighted by atomic mass is 16.5. The lowest BCUT2D eigenvalue weighted by molar-refractivity contribution is -0.129. The van der Waals surface area contributed by atoms with Crippen molar-refractivity contribution in [3.8, 4) is 17.2 Å². The molecule has 0 fully saturated rings. The summed E-state index contributed by atoms with van der Waals surface area (Å²) in [5, 5.41) is 13.0. The maximum Gasteiger partial charge on any atom is 0.266 e. The van der Waals surface area contributed by atoms with Crippen LogP contribution in [0.25, 0.3) is 16.5 Å². The summed E-state index contributed by atoms with van der Waals surface area (Å²) in [6, 6.07) is 29.3. The van der Waals surface area contributed by atoms with E-state index in [1.54, 1.807) is 68.8 Å². The van der Waals surface area contributed by atoms with Gasteiger partial charge < -0.3 is 24.1 Å². The minimum atomic E-state index is -1.53. The molecule has 1 heterocycles. The van der Waals surface area contributed by atoms with Crippen molar-refractivity contribution in [2.75, 3.05) is 27.4 Å². The van der Waals surface area contributed by atoms with Crippen LogP contribution in [0.4, 0.5) is 5.69 Å². The lowest BCUT2D eigenvalue weighted by Crippen LogP contribution is -2.52. The van der Waals surface area contributed by atoms with Gasteiger partial charge in [0, 0.05) is 53.8 Å². The normalized spacial score (nSPS) is 16.7. The van der Waals surface area contributed by atoms with E-state index in [0.717, 1.165) is 11.1 Å². The van der Waals surface area contributed by atoms with Crippen molar-refractivity contribution in [2.45, 2.75) is 31.0 Å². The fourth-order valence-electron chi connectivity index (χ4n) is 5.38. The first kappa shape index (κ1) is 34.5. The van der Waals surface area contributed by atoms with Gasteiger partial charge in [-0.2, -0.15) is 0 Å². The van der Waals surface area contributed by atoms with Crippen molar-refractivity contribution < 1.29 is 28.8 Å². The average molecular weight is 663 g/mol. The maximum absolute atomic E-state index is 14.5. The third kappa shape index (κ3) is 8.57. The summed E-state index contributed by atoms with van der Waals surface area (Å²) >= 11 is 0. The Morgan fingerprint density at radius 2 is 1.71 bits per heavy atom. The molecule has 0 bridgehead atoms. The molecule has 0 unspecified atom stereocenters. The quantitative estimate of drug-likeness (QED) is 0.0401. The number of nitrogens with one attached hydrogen (secondary N) is 2. The highest BCUT2D eigenvalue weighted by Gasteiger charge is 2.53. The monoisotopic (exact) mass is 662 g/mol. The van der Waals surface area contributed by atoms with Crippen molar-refractivity contribution in [1.29, 1.82) is 0 Å². The maximum atomic E-state index is 14.5. The van der Waals surface area contributed by atoms with Gasteiger partial charge in [-0.25, -0.2) is 10.4 Å². The third-order valence-corrected chi connectivity index (χ3v) is 7.85. The molecule has 1 aliphatic heterocycles. The van der Waals surface area contributed by atoms with Crippen LogP contribution in [0.2, 0.25) is 0 Å². The van der Waals surface area contributed by atoms with Gasteiger partial charge >= 0.3 is 0 Å². The molecule has 0 aromatic heterocycles. The van der Waals surface area contributed by atoms with E-state index in [1.165, 1.54) is 0 Å². The standard InChI is InChI=1S/C37H38N6O6/c1-46-30-22-27(23-31(24-30)47-2)25-39-42-36(45)37(19-8-12-26-10-4-3-5-11-26)34(32-13-6-7-14-33(32)41-43-38)49-35(40-37)28-15-17-29(18-16-28)48-21-9-20-44/h3-8,10-18,22-24,34,39,44H,9,19-21,25H2,1-2H3,(H,42,45)/b12-8+/t34-,37-/m0/s1. The molecule has 1 amide bonds. The highest BCUT2D eigenvalue weighted by molar-refractivity contribution is 6.01. The third-order valence-electron chi connectivity index (χ3n) is 7.85. The van der Waals surface area contributed by atoms with Crippen LogP contribution >= 0.6 is 0 Å². The molecule has 49 heavy (non-hydrogen) atoms. The number of benzene rings is 4. The predicted octanol–water partition coefficient (Wildman–Crippen LogP) is 6.59. The predicted molar refractivity (Wildman–Crippen MR) is 187 cm³/mol. The van der Waals surface area contributed by atoms with E-state index in [1.807, 2.05) is 54.6 Å². The van der Waals surface area contributed by atoms with Gasteiger partial charge in [-0.05, 0) is 53.1 Å². The number of aliphatic hydroxyl groups excluding tert-OH is 1. The molecular weight excluding hydrogens is 624 g/mol. The Morgan fingerprint density at radius 1 is 1.00 bits per heavy atom. The van der Waals surface area contributed by atoms with Gasteiger partial charge in [-0.15, -0.1) is 0 Å². The van der Waals surface area contributed by atoms with Crippen LogP contribution in [0.15, 0.2) is 113 Å². The van der Waals surface area contributed by atoms with Crippen LogP contribution in [0.5, 0.6) is 17.2 Å². The topological polar surface area (TPSA) is 159 Å². The molecule has 12 nitrogen and oxygen atoms in total. The molecule has 4 aromatic rings. The summed E-state index contributed by atoms with van der Waals surface area (Å²) < 4.78 is 23.0. The summed E-state index contributed by atoms with van der Waals surface area (Å²) in [4.78, 5) is 22.5. The minimum absolute atomic E-state index is 0.0346. The molecule has 0 radical (unpaired) electrons. The summed E-state index contributed by atoms with van der Waals surface area (Å²) in [5.74, 6) is 1.63. The van der Waals surface area contributed by atoms with E-state index in [9.17, 15) is 10.3 Å². The van der Waals surface area contributed by atoms with Gasteiger partial charge in [0.25, 0.3) is 5.91 Å². The largest absolute Gasteiger partial charge is 0.497 e. The van der Waals surface area contributed by atoms with Crippen molar-refractivity contribution >= 4 is 23.6 Å². The van der Waals surface area contributed by atoms with Gasteiger partial charge in [0.1, 0.15) is 17.2 Å². The highest BCUT2D eigenvalue weighted by Crippen LogP contribution is 2.45. The van der Waals surface area contributed by atoms with Crippen molar-refractivity contribution in [3.05, 3.63) is 136 Å². The number of ether oxygens (including phenoxy) is 4. The number of hydrogen-bond donors (Lipinski definition) is 3. The first-order chi connectivity index (χ1) is 24.0. The molecule has 2 atom stereocenters. The average Bonchev–Trinajstić information content (AvgIpc) is 3.53. The number of hydrogen-bond acceptors (Lipinski definition) is 9. The summed E-state index contributed by atoms with van der Waals surface area (Å²) in [7, 11) is 3.14.